The van der Waals surface area contributed by atoms with Crippen LogP contribution in [0.3, 0.4) is 0 Å². The second-order valence-electron chi connectivity index (χ2n) is 9.87. The summed E-state index contributed by atoms with van der Waals surface area (Å²) in [6.45, 7) is 5.33. The van der Waals surface area contributed by atoms with Crippen LogP contribution in [-0.2, 0) is 0 Å². The van der Waals surface area contributed by atoms with E-state index in [9.17, 15) is 9.59 Å². The van der Waals surface area contributed by atoms with Crippen LogP contribution >= 0.6 is 0 Å². The van der Waals surface area contributed by atoms with E-state index in [1.807, 2.05) is 13.0 Å². The first-order valence-electron chi connectivity index (χ1n) is 12.5. The first kappa shape index (κ1) is 22.0. The van der Waals surface area contributed by atoms with Gasteiger partial charge in [0.2, 0.25) is 5.95 Å². The Bertz CT molecular complexity index is 1510. The second kappa shape index (κ2) is 8.61. The van der Waals surface area contributed by atoms with Gasteiger partial charge in [-0.05, 0) is 69.5 Å². The highest BCUT2D eigenvalue weighted by atomic mass is 16.1. The van der Waals surface area contributed by atoms with Gasteiger partial charge >= 0.3 is 0 Å². The number of carbonyl (C=O) groups excluding carboxylic acids is 1. The van der Waals surface area contributed by atoms with Gasteiger partial charge in [0.15, 0.2) is 5.78 Å². The molecule has 2 N–H and O–H groups in total. The number of hydrogen-bond acceptors (Lipinski definition) is 6. The molecule has 1 unspecified atom stereocenters. The van der Waals surface area contributed by atoms with E-state index < -0.39 is 0 Å². The number of ketones is 1. The van der Waals surface area contributed by atoms with Crippen LogP contribution in [0.25, 0.3) is 21.9 Å². The van der Waals surface area contributed by atoms with Gasteiger partial charge in [0.1, 0.15) is 5.65 Å². The molecule has 1 saturated carbocycles. The molecule has 35 heavy (non-hydrogen) atoms. The molecule has 1 aromatic carbocycles. The number of aromatic nitrogens is 4. The molecule has 180 valence electrons. The van der Waals surface area contributed by atoms with Crippen molar-refractivity contribution in [3.05, 3.63) is 58.1 Å². The SMILES string of the molecule is CC(=O)c1c(C)c2cnc(Nc3ccc4c(ccn4C4CCNC4)c3)nc2n(C2CCCC2)c1=O. The number of fused-ring (bicyclic) bond motifs is 2. The van der Waals surface area contributed by atoms with E-state index in [0.717, 1.165) is 61.7 Å². The lowest BCUT2D eigenvalue weighted by molar-refractivity contribution is 0.101. The van der Waals surface area contributed by atoms with Crippen molar-refractivity contribution >= 4 is 39.4 Å². The Balaban J connectivity index is 1.40. The number of carbonyl (C=O) groups is 1. The summed E-state index contributed by atoms with van der Waals surface area (Å²) in [5, 5.41) is 8.68. The summed E-state index contributed by atoms with van der Waals surface area (Å²) < 4.78 is 4.10. The number of rotatable bonds is 5. The quantitative estimate of drug-likeness (QED) is 0.413. The first-order valence-corrected chi connectivity index (χ1v) is 12.5. The maximum atomic E-state index is 13.4. The van der Waals surface area contributed by atoms with Crippen LogP contribution in [0.2, 0.25) is 0 Å². The van der Waals surface area contributed by atoms with E-state index in [4.69, 9.17) is 4.98 Å². The lowest BCUT2D eigenvalue weighted by Gasteiger charge is -2.19. The molecule has 0 radical (unpaired) electrons. The van der Waals surface area contributed by atoms with Gasteiger partial charge in [-0.2, -0.15) is 4.98 Å². The highest BCUT2D eigenvalue weighted by molar-refractivity contribution is 5.99. The molecule has 3 aromatic heterocycles. The maximum absolute atomic E-state index is 13.4. The highest BCUT2D eigenvalue weighted by Gasteiger charge is 2.26. The van der Waals surface area contributed by atoms with Crippen LogP contribution in [-0.4, -0.2) is 38.0 Å². The van der Waals surface area contributed by atoms with Crippen molar-refractivity contribution in [2.75, 3.05) is 18.4 Å². The predicted octanol–water partition coefficient (Wildman–Crippen LogP) is 4.65. The van der Waals surface area contributed by atoms with Crippen molar-refractivity contribution in [3.8, 4) is 0 Å². The number of aryl methyl sites for hydroxylation is 1. The Morgan fingerprint density at radius 2 is 1.97 bits per heavy atom. The number of nitrogens with one attached hydrogen (secondary N) is 2. The molecular weight excluding hydrogens is 440 g/mol. The summed E-state index contributed by atoms with van der Waals surface area (Å²) in [6, 6.07) is 8.98. The summed E-state index contributed by atoms with van der Waals surface area (Å²) in [5.74, 6) is 0.231. The van der Waals surface area contributed by atoms with Gasteiger partial charge in [0.05, 0.1) is 5.56 Å². The van der Waals surface area contributed by atoms with Crippen LogP contribution in [0.1, 0.15) is 67.0 Å². The molecule has 2 aliphatic rings. The second-order valence-corrected chi connectivity index (χ2v) is 9.87. The van der Waals surface area contributed by atoms with Crippen molar-refractivity contribution in [2.24, 2.45) is 0 Å². The fourth-order valence-electron chi connectivity index (χ4n) is 5.87. The van der Waals surface area contributed by atoms with E-state index in [-0.39, 0.29) is 22.9 Å². The number of Topliss-reactive ketones (excluding diaryl/α,β-unsaturated/α-hetero) is 1. The summed E-state index contributed by atoms with van der Waals surface area (Å²) in [7, 11) is 0. The van der Waals surface area contributed by atoms with E-state index in [0.29, 0.717) is 23.2 Å². The molecule has 0 amide bonds. The van der Waals surface area contributed by atoms with Gasteiger partial charge in [-0.1, -0.05) is 12.8 Å². The number of anilines is 2. The molecule has 8 heteroatoms. The number of benzene rings is 1. The third kappa shape index (κ3) is 3.72. The highest BCUT2D eigenvalue weighted by Crippen LogP contribution is 2.32. The van der Waals surface area contributed by atoms with Gasteiger partial charge in [-0.15, -0.1) is 0 Å². The fourth-order valence-corrected chi connectivity index (χ4v) is 5.87. The molecular formula is C27H30N6O2. The summed E-state index contributed by atoms with van der Waals surface area (Å²) in [5.41, 5.74) is 3.38. The minimum absolute atomic E-state index is 0.0626. The summed E-state index contributed by atoms with van der Waals surface area (Å²) in [4.78, 5) is 35.1. The number of nitrogens with zero attached hydrogens (tertiary/aromatic N) is 4. The maximum Gasteiger partial charge on any atom is 0.263 e. The Morgan fingerprint density at radius 3 is 2.71 bits per heavy atom. The van der Waals surface area contributed by atoms with Crippen molar-refractivity contribution in [1.29, 1.82) is 0 Å². The van der Waals surface area contributed by atoms with Crippen LogP contribution in [0.5, 0.6) is 0 Å². The lowest BCUT2D eigenvalue weighted by atomic mass is 10.0. The normalized spacial score (nSPS) is 18.6. The zero-order valence-electron chi connectivity index (χ0n) is 20.2. The summed E-state index contributed by atoms with van der Waals surface area (Å²) in [6.07, 6.45) is 9.04. The van der Waals surface area contributed by atoms with E-state index >= 15 is 0 Å². The predicted molar refractivity (Wildman–Crippen MR) is 138 cm³/mol. The Labute approximate surface area is 203 Å². The topological polar surface area (TPSA) is 93.8 Å². The van der Waals surface area contributed by atoms with Gasteiger partial charge in [-0.25, -0.2) is 4.98 Å². The Kier molecular flexibility index (Phi) is 5.40. The first-order chi connectivity index (χ1) is 17.0. The molecule has 0 spiro atoms. The standard InChI is InChI=1S/C27H30N6O2/c1-16-22-15-29-27(31-25(22)33(20-5-3-4-6-20)26(35)24(16)17(2)34)30-19-7-8-23-18(13-19)10-12-32(23)21-9-11-28-14-21/h7-8,10,12-13,15,20-21,28H,3-6,9,11,14H2,1-2H3,(H,29,30,31). The lowest BCUT2D eigenvalue weighted by Crippen LogP contribution is -2.30. The molecule has 1 atom stereocenters. The zero-order valence-corrected chi connectivity index (χ0v) is 20.2. The molecule has 8 nitrogen and oxygen atoms in total. The Hall–Kier alpha value is -3.52. The van der Waals surface area contributed by atoms with Crippen LogP contribution < -0.4 is 16.2 Å². The van der Waals surface area contributed by atoms with Gasteiger partial charge in [0.25, 0.3) is 5.56 Å². The molecule has 4 heterocycles. The zero-order chi connectivity index (χ0) is 24.1. The minimum atomic E-state index is -0.233. The fraction of sp³-hybridized carbons (Fsp3) is 0.407. The molecule has 1 saturated heterocycles. The van der Waals surface area contributed by atoms with E-state index in [2.05, 4.69) is 44.6 Å². The molecule has 1 aliphatic heterocycles. The van der Waals surface area contributed by atoms with Crippen LogP contribution in [0.4, 0.5) is 11.6 Å². The third-order valence-corrected chi connectivity index (χ3v) is 7.65. The molecule has 4 aromatic rings. The third-order valence-electron chi connectivity index (χ3n) is 7.65. The molecule has 2 fully saturated rings. The van der Waals surface area contributed by atoms with Crippen LogP contribution in [0.15, 0.2) is 41.5 Å². The van der Waals surface area contributed by atoms with E-state index in [1.54, 1.807) is 10.8 Å². The average molecular weight is 471 g/mol. The Morgan fingerprint density at radius 1 is 1.14 bits per heavy atom. The smallest absolute Gasteiger partial charge is 0.263 e. The largest absolute Gasteiger partial charge is 0.343 e. The monoisotopic (exact) mass is 470 g/mol. The number of hydrogen-bond donors (Lipinski definition) is 2. The van der Waals surface area contributed by atoms with Gasteiger partial charge in [0, 0.05) is 53.0 Å². The summed E-state index contributed by atoms with van der Waals surface area (Å²) >= 11 is 0. The molecule has 0 bridgehead atoms. The van der Waals surface area contributed by atoms with Crippen molar-refractivity contribution in [1.82, 2.24) is 24.4 Å². The number of pyridine rings is 1. The minimum Gasteiger partial charge on any atom is -0.343 e. The van der Waals surface area contributed by atoms with Crippen molar-refractivity contribution < 1.29 is 4.79 Å². The molecule has 1 aliphatic carbocycles. The van der Waals surface area contributed by atoms with Crippen LogP contribution in [0, 0.1) is 6.92 Å². The molecule has 6 rings (SSSR count). The van der Waals surface area contributed by atoms with Gasteiger partial charge < -0.3 is 15.2 Å². The van der Waals surface area contributed by atoms with Crippen molar-refractivity contribution in [3.63, 3.8) is 0 Å². The van der Waals surface area contributed by atoms with Crippen molar-refractivity contribution in [2.45, 2.75) is 58.0 Å². The van der Waals surface area contributed by atoms with Gasteiger partial charge in [-0.3, -0.25) is 14.2 Å². The average Bonchev–Trinajstić information content (AvgIpc) is 3.60. The van der Waals surface area contributed by atoms with E-state index in [1.165, 1.54) is 12.4 Å².